The molecule has 0 aliphatic carbocycles. The van der Waals surface area contributed by atoms with Gasteiger partial charge in [-0.05, 0) is 30.7 Å². The van der Waals surface area contributed by atoms with Crippen molar-refractivity contribution in [3.8, 4) is 0 Å². The third-order valence-electron chi connectivity index (χ3n) is 4.74. The van der Waals surface area contributed by atoms with Gasteiger partial charge in [-0.1, -0.05) is 49.2 Å². The SMILES string of the molecule is CCCCCN(C(=O)n1nnc2ccccc21)N1C(=O)c2ccccc2C1=O. The largest absolute Gasteiger partial charge is 0.365 e. The second kappa shape index (κ2) is 7.22. The number of imide groups is 1. The summed E-state index contributed by atoms with van der Waals surface area (Å²) in [5.41, 5.74) is 1.67. The van der Waals surface area contributed by atoms with E-state index in [0.29, 0.717) is 28.6 Å². The van der Waals surface area contributed by atoms with E-state index in [1.54, 1.807) is 48.5 Å². The van der Waals surface area contributed by atoms with Crippen LogP contribution in [0.15, 0.2) is 48.5 Å². The van der Waals surface area contributed by atoms with Gasteiger partial charge in [0.25, 0.3) is 11.8 Å². The Hall–Kier alpha value is -3.55. The van der Waals surface area contributed by atoms with Gasteiger partial charge < -0.3 is 0 Å². The maximum absolute atomic E-state index is 13.3. The molecule has 0 fully saturated rings. The summed E-state index contributed by atoms with van der Waals surface area (Å²) in [5, 5.41) is 10.1. The van der Waals surface area contributed by atoms with Crippen LogP contribution in [0.25, 0.3) is 11.0 Å². The number of fused-ring (bicyclic) bond motifs is 2. The summed E-state index contributed by atoms with van der Waals surface area (Å²) < 4.78 is 1.13. The maximum atomic E-state index is 13.3. The van der Waals surface area contributed by atoms with E-state index in [9.17, 15) is 14.4 Å². The van der Waals surface area contributed by atoms with Crippen LogP contribution in [0.3, 0.4) is 0 Å². The molecule has 0 unspecified atom stereocenters. The Morgan fingerprint density at radius 1 is 0.964 bits per heavy atom. The van der Waals surface area contributed by atoms with Gasteiger partial charge in [-0.2, -0.15) is 9.69 Å². The van der Waals surface area contributed by atoms with Crippen LogP contribution >= 0.6 is 0 Å². The molecule has 28 heavy (non-hydrogen) atoms. The molecule has 1 aliphatic rings. The van der Waals surface area contributed by atoms with Crippen molar-refractivity contribution in [2.75, 3.05) is 6.54 Å². The smallest absolute Gasteiger partial charge is 0.267 e. The molecule has 0 saturated carbocycles. The summed E-state index contributed by atoms with van der Waals surface area (Å²) in [6, 6.07) is 13.0. The van der Waals surface area contributed by atoms with Crippen LogP contribution in [-0.2, 0) is 0 Å². The monoisotopic (exact) mass is 377 g/mol. The minimum absolute atomic E-state index is 0.229. The van der Waals surface area contributed by atoms with Gasteiger partial charge >= 0.3 is 6.03 Å². The highest BCUT2D eigenvalue weighted by Gasteiger charge is 2.41. The van der Waals surface area contributed by atoms with Gasteiger partial charge in [0, 0.05) is 6.54 Å². The number of para-hydroxylation sites is 1. The highest BCUT2D eigenvalue weighted by molar-refractivity contribution is 6.21. The minimum atomic E-state index is -0.584. The molecule has 1 aliphatic heterocycles. The van der Waals surface area contributed by atoms with E-state index in [-0.39, 0.29) is 6.54 Å². The summed E-state index contributed by atoms with van der Waals surface area (Å²) in [6.07, 6.45) is 2.46. The number of carbonyl (C=O) groups is 3. The molecule has 1 aromatic heterocycles. The summed E-state index contributed by atoms with van der Waals surface area (Å²) in [6.45, 7) is 2.27. The van der Waals surface area contributed by atoms with Crippen molar-refractivity contribution < 1.29 is 14.4 Å². The molecule has 8 nitrogen and oxygen atoms in total. The molecule has 0 atom stereocenters. The quantitative estimate of drug-likeness (QED) is 0.503. The molecule has 3 amide bonds. The summed E-state index contributed by atoms with van der Waals surface area (Å²) in [4.78, 5) is 39.1. The first-order valence-electron chi connectivity index (χ1n) is 9.23. The van der Waals surface area contributed by atoms with Crippen LogP contribution in [0, 0.1) is 0 Å². The van der Waals surface area contributed by atoms with E-state index in [1.165, 1.54) is 5.01 Å². The van der Waals surface area contributed by atoms with E-state index in [4.69, 9.17) is 0 Å². The number of amides is 3. The Kier molecular flexibility index (Phi) is 4.60. The Balaban J connectivity index is 1.73. The van der Waals surface area contributed by atoms with Gasteiger partial charge in [0.15, 0.2) is 0 Å². The fraction of sp³-hybridized carbons (Fsp3) is 0.250. The zero-order valence-electron chi connectivity index (χ0n) is 15.4. The molecule has 0 saturated heterocycles. The van der Waals surface area contributed by atoms with Crippen molar-refractivity contribution in [2.24, 2.45) is 0 Å². The third kappa shape index (κ3) is 2.83. The van der Waals surface area contributed by atoms with E-state index >= 15 is 0 Å². The first-order valence-corrected chi connectivity index (χ1v) is 9.23. The molecule has 8 heteroatoms. The van der Waals surface area contributed by atoms with Gasteiger partial charge in [0.2, 0.25) is 0 Å². The van der Waals surface area contributed by atoms with Crippen LogP contribution in [0.1, 0.15) is 46.9 Å². The standard InChI is InChI=1S/C20H19N5O3/c1-2-3-8-13-23(20(28)24-17-12-7-6-11-16(17)21-22-24)25-18(26)14-9-4-5-10-15(14)19(25)27/h4-7,9-12H,2-3,8,13H2,1H3. The fourth-order valence-corrected chi connectivity index (χ4v) is 3.31. The maximum Gasteiger partial charge on any atom is 0.365 e. The lowest BCUT2D eigenvalue weighted by atomic mass is 10.1. The van der Waals surface area contributed by atoms with Gasteiger partial charge in [0.05, 0.1) is 16.6 Å². The number of aromatic nitrogens is 3. The van der Waals surface area contributed by atoms with Crippen LogP contribution in [0.2, 0.25) is 0 Å². The van der Waals surface area contributed by atoms with Crippen molar-refractivity contribution in [3.05, 3.63) is 59.7 Å². The molecular weight excluding hydrogens is 358 g/mol. The molecule has 2 aromatic carbocycles. The number of benzene rings is 2. The number of nitrogens with zero attached hydrogens (tertiary/aromatic N) is 5. The molecule has 0 bridgehead atoms. The molecule has 0 spiro atoms. The Morgan fingerprint density at radius 2 is 1.61 bits per heavy atom. The zero-order valence-corrected chi connectivity index (χ0v) is 15.4. The van der Waals surface area contributed by atoms with Gasteiger partial charge in [-0.15, -0.1) is 5.10 Å². The Morgan fingerprint density at radius 3 is 2.29 bits per heavy atom. The number of rotatable bonds is 5. The summed E-state index contributed by atoms with van der Waals surface area (Å²) in [7, 11) is 0. The number of hydrazine groups is 1. The number of hydrogen-bond donors (Lipinski definition) is 0. The van der Waals surface area contributed by atoms with E-state index in [2.05, 4.69) is 10.3 Å². The van der Waals surface area contributed by atoms with Crippen molar-refractivity contribution >= 4 is 28.9 Å². The van der Waals surface area contributed by atoms with Crippen molar-refractivity contribution in [1.82, 2.24) is 25.0 Å². The van der Waals surface area contributed by atoms with E-state index in [1.807, 2.05) is 6.92 Å². The van der Waals surface area contributed by atoms with Crippen LogP contribution < -0.4 is 0 Å². The topological polar surface area (TPSA) is 88.4 Å². The van der Waals surface area contributed by atoms with Crippen molar-refractivity contribution in [3.63, 3.8) is 0 Å². The summed E-state index contributed by atoms with van der Waals surface area (Å²) in [5.74, 6) is -1.01. The number of carbonyl (C=O) groups excluding carboxylic acids is 3. The number of hydrogen-bond acceptors (Lipinski definition) is 5. The Bertz CT molecular complexity index is 1040. The predicted molar refractivity (Wildman–Crippen MR) is 101 cm³/mol. The third-order valence-corrected chi connectivity index (χ3v) is 4.74. The Labute approximate surface area is 161 Å². The lowest BCUT2D eigenvalue weighted by molar-refractivity contribution is 0.0174. The van der Waals surface area contributed by atoms with Crippen LogP contribution in [-0.4, -0.2) is 49.4 Å². The second-order valence-corrected chi connectivity index (χ2v) is 6.57. The number of unbranched alkanes of at least 4 members (excludes halogenated alkanes) is 2. The van der Waals surface area contributed by atoms with Crippen LogP contribution in [0.5, 0.6) is 0 Å². The molecule has 142 valence electrons. The molecular formula is C20H19N5O3. The second-order valence-electron chi connectivity index (χ2n) is 6.57. The average Bonchev–Trinajstić information content (AvgIpc) is 3.26. The van der Waals surface area contributed by atoms with E-state index < -0.39 is 17.8 Å². The molecule has 0 N–H and O–H groups in total. The lowest BCUT2D eigenvalue weighted by Crippen LogP contribution is -2.51. The molecule has 2 heterocycles. The van der Waals surface area contributed by atoms with Gasteiger partial charge in [-0.25, -0.2) is 9.80 Å². The fourth-order valence-electron chi connectivity index (χ4n) is 3.31. The van der Waals surface area contributed by atoms with Crippen molar-refractivity contribution in [2.45, 2.75) is 26.2 Å². The normalized spacial score (nSPS) is 13.2. The molecule has 4 rings (SSSR count). The highest BCUT2D eigenvalue weighted by atomic mass is 16.2. The first kappa shape index (κ1) is 17.8. The predicted octanol–water partition coefficient (Wildman–Crippen LogP) is 3.10. The lowest BCUT2D eigenvalue weighted by Gasteiger charge is -2.29. The van der Waals surface area contributed by atoms with Gasteiger partial charge in [0.1, 0.15) is 5.52 Å². The van der Waals surface area contributed by atoms with E-state index in [0.717, 1.165) is 22.5 Å². The van der Waals surface area contributed by atoms with Crippen molar-refractivity contribution in [1.29, 1.82) is 0 Å². The molecule has 0 radical (unpaired) electrons. The highest BCUT2D eigenvalue weighted by Crippen LogP contribution is 2.25. The van der Waals surface area contributed by atoms with Gasteiger partial charge in [-0.3, -0.25) is 9.59 Å². The first-order chi connectivity index (χ1) is 13.6. The zero-order chi connectivity index (χ0) is 19.7. The summed E-state index contributed by atoms with van der Waals surface area (Å²) >= 11 is 0. The molecule has 3 aromatic rings. The van der Waals surface area contributed by atoms with Crippen LogP contribution in [0.4, 0.5) is 4.79 Å². The average molecular weight is 377 g/mol. The minimum Gasteiger partial charge on any atom is -0.267 e.